The van der Waals surface area contributed by atoms with Crippen molar-refractivity contribution < 1.29 is 19.4 Å². The molecule has 0 unspecified atom stereocenters. The number of para-hydroxylation sites is 1. The van der Waals surface area contributed by atoms with Crippen molar-refractivity contribution >= 4 is 29.3 Å². The summed E-state index contributed by atoms with van der Waals surface area (Å²) < 4.78 is 5.18. The molecule has 114 valence electrons. The van der Waals surface area contributed by atoms with Gasteiger partial charge in [0.05, 0.1) is 16.1 Å². The van der Waals surface area contributed by atoms with Gasteiger partial charge in [-0.05, 0) is 25.0 Å². The summed E-state index contributed by atoms with van der Waals surface area (Å²) in [5, 5.41) is 15.0. The Morgan fingerprint density at radius 3 is 2.57 bits per heavy atom. The topological polar surface area (TPSA) is 87.7 Å². The van der Waals surface area contributed by atoms with Gasteiger partial charge in [0.25, 0.3) is 0 Å². The lowest BCUT2D eigenvalue weighted by molar-refractivity contribution is -0.154. The quantitative estimate of drug-likeness (QED) is 0.796. The van der Waals surface area contributed by atoms with E-state index in [0.29, 0.717) is 36.8 Å². The van der Waals surface area contributed by atoms with Crippen LogP contribution in [-0.2, 0) is 9.53 Å². The highest BCUT2D eigenvalue weighted by atomic mass is 35.5. The predicted octanol–water partition coefficient (Wildman–Crippen LogP) is 2.34. The van der Waals surface area contributed by atoms with E-state index >= 15 is 0 Å². The normalized spacial score (nSPS) is 17.0. The van der Waals surface area contributed by atoms with Crippen LogP contribution in [0.2, 0.25) is 5.02 Å². The van der Waals surface area contributed by atoms with Gasteiger partial charge in [-0.15, -0.1) is 0 Å². The zero-order valence-corrected chi connectivity index (χ0v) is 12.2. The van der Waals surface area contributed by atoms with E-state index < -0.39 is 17.4 Å². The molecule has 0 aromatic heterocycles. The molecule has 21 heavy (non-hydrogen) atoms. The van der Waals surface area contributed by atoms with Crippen LogP contribution in [0.15, 0.2) is 24.3 Å². The van der Waals surface area contributed by atoms with Crippen LogP contribution in [-0.4, -0.2) is 36.9 Å². The molecule has 0 aliphatic carbocycles. The van der Waals surface area contributed by atoms with Crippen molar-refractivity contribution in [2.24, 2.45) is 5.41 Å². The van der Waals surface area contributed by atoms with Crippen LogP contribution in [0.1, 0.15) is 12.8 Å². The van der Waals surface area contributed by atoms with E-state index in [9.17, 15) is 14.7 Å². The first-order valence-electron chi connectivity index (χ1n) is 6.64. The second-order valence-electron chi connectivity index (χ2n) is 4.99. The summed E-state index contributed by atoms with van der Waals surface area (Å²) in [6.45, 7) is 0.836. The van der Waals surface area contributed by atoms with Crippen molar-refractivity contribution in [3.8, 4) is 0 Å². The Balaban J connectivity index is 1.93. The minimum absolute atomic E-state index is 0.0575. The van der Waals surface area contributed by atoms with Crippen molar-refractivity contribution in [3.05, 3.63) is 29.3 Å². The second-order valence-corrected chi connectivity index (χ2v) is 5.39. The minimum Gasteiger partial charge on any atom is -0.481 e. The van der Waals surface area contributed by atoms with Crippen LogP contribution >= 0.6 is 11.6 Å². The highest BCUT2D eigenvalue weighted by Gasteiger charge is 2.40. The van der Waals surface area contributed by atoms with Gasteiger partial charge < -0.3 is 20.5 Å². The summed E-state index contributed by atoms with van der Waals surface area (Å²) in [5.74, 6) is -0.913. The summed E-state index contributed by atoms with van der Waals surface area (Å²) >= 11 is 5.94. The number of carboxylic acid groups (broad SMARTS) is 1. The molecule has 0 radical (unpaired) electrons. The SMILES string of the molecule is O=C(NCC1(C(=O)O)CCOCC1)Nc1ccccc1Cl. The average molecular weight is 313 g/mol. The highest BCUT2D eigenvalue weighted by Crippen LogP contribution is 2.30. The average Bonchev–Trinajstić information content (AvgIpc) is 2.48. The Kier molecular flexibility index (Phi) is 5.03. The van der Waals surface area contributed by atoms with Gasteiger partial charge in [0, 0.05) is 19.8 Å². The fourth-order valence-electron chi connectivity index (χ4n) is 2.21. The molecular formula is C14H17ClN2O4. The Bertz CT molecular complexity index is 529. The molecule has 1 aromatic rings. The molecule has 2 amide bonds. The number of halogens is 1. The largest absolute Gasteiger partial charge is 0.481 e. The van der Waals surface area contributed by atoms with Gasteiger partial charge in [0.15, 0.2) is 0 Å². The third-order valence-electron chi connectivity index (χ3n) is 3.61. The lowest BCUT2D eigenvalue weighted by Gasteiger charge is -2.33. The molecule has 1 heterocycles. The first kappa shape index (κ1) is 15.6. The molecule has 3 N–H and O–H groups in total. The molecular weight excluding hydrogens is 296 g/mol. The van der Waals surface area contributed by atoms with Crippen molar-refractivity contribution in [1.29, 1.82) is 0 Å². The monoisotopic (exact) mass is 312 g/mol. The number of hydrogen-bond acceptors (Lipinski definition) is 3. The van der Waals surface area contributed by atoms with E-state index in [0.717, 1.165) is 0 Å². The summed E-state index contributed by atoms with van der Waals surface area (Å²) in [7, 11) is 0. The van der Waals surface area contributed by atoms with Gasteiger partial charge in [-0.2, -0.15) is 0 Å². The number of hydrogen-bond donors (Lipinski definition) is 3. The molecule has 1 aromatic carbocycles. The fraction of sp³-hybridized carbons (Fsp3) is 0.429. The first-order chi connectivity index (χ1) is 10.0. The third kappa shape index (κ3) is 3.86. The Morgan fingerprint density at radius 2 is 1.95 bits per heavy atom. The summed E-state index contributed by atoms with van der Waals surface area (Å²) in [6.07, 6.45) is 0.767. The van der Waals surface area contributed by atoms with Gasteiger partial charge in [0.2, 0.25) is 0 Å². The van der Waals surface area contributed by atoms with E-state index in [1.807, 2.05) is 0 Å². The molecule has 2 rings (SSSR count). The number of carboxylic acids is 1. The molecule has 1 aliphatic heterocycles. The van der Waals surface area contributed by atoms with E-state index in [1.54, 1.807) is 24.3 Å². The number of benzene rings is 1. The maximum Gasteiger partial charge on any atom is 0.319 e. The number of aliphatic carboxylic acids is 1. The van der Waals surface area contributed by atoms with Gasteiger partial charge in [0.1, 0.15) is 0 Å². The van der Waals surface area contributed by atoms with Crippen molar-refractivity contribution in [2.45, 2.75) is 12.8 Å². The molecule has 1 fully saturated rings. The fourth-order valence-corrected chi connectivity index (χ4v) is 2.39. The molecule has 0 saturated carbocycles. The summed E-state index contributed by atoms with van der Waals surface area (Å²) in [6, 6.07) is 6.36. The lowest BCUT2D eigenvalue weighted by atomic mass is 9.80. The summed E-state index contributed by atoms with van der Waals surface area (Å²) in [4.78, 5) is 23.3. The maximum atomic E-state index is 11.9. The van der Waals surface area contributed by atoms with E-state index in [4.69, 9.17) is 16.3 Å². The Morgan fingerprint density at radius 1 is 1.29 bits per heavy atom. The number of nitrogens with one attached hydrogen (secondary N) is 2. The van der Waals surface area contributed by atoms with Crippen LogP contribution in [0.25, 0.3) is 0 Å². The molecule has 0 spiro atoms. The number of carbonyl (C=O) groups excluding carboxylic acids is 1. The Hall–Kier alpha value is -1.79. The van der Waals surface area contributed by atoms with Gasteiger partial charge >= 0.3 is 12.0 Å². The van der Waals surface area contributed by atoms with Gasteiger partial charge in [-0.1, -0.05) is 23.7 Å². The smallest absolute Gasteiger partial charge is 0.319 e. The number of urea groups is 1. The van der Waals surface area contributed by atoms with E-state index in [1.165, 1.54) is 0 Å². The van der Waals surface area contributed by atoms with E-state index in [-0.39, 0.29) is 6.54 Å². The zero-order valence-electron chi connectivity index (χ0n) is 11.4. The molecule has 6 nitrogen and oxygen atoms in total. The van der Waals surface area contributed by atoms with Crippen LogP contribution in [0.3, 0.4) is 0 Å². The van der Waals surface area contributed by atoms with Crippen molar-refractivity contribution in [1.82, 2.24) is 5.32 Å². The number of amides is 2. The molecule has 1 aliphatic rings. The number of anilines is 1. The lowest BCUT2D eigenvalue weighted by Crippen LogP contribution is -2.47. The van der Waals surface area contributed by atoms with Crippen LogP contribution in [0, 0.1) is 5.41 Å². The summed E-state index contributed by atoms with van der Waals surface area (Å²) in [5.41, 5.74) is -0.483. The molecule has 0 atom stereocenters. The minimum atomic E-state index is -0.962. The van der Waals surface area contributed by atoms with Crippen LogP contribution in [0.5, 0.6) is 0 Å². The molecule has 0 bridgehead atoms. The third-order valence-corrected chi connectivity index (χ3v) is 3.94. The van der Waals surface area contributed by atoms with Crippen LogP contribution < -0.4 is 10.6 Å². The van der Waals surface area contributed by atoms with Crippen LogP contribution in [0.4, 0.5) is 10.5 Å². The second kappa shape index (κ2) is 6.78. The van der Waals surface area contributed by atoms with Gasteiger partial charge in [-0.25, -0.2) is 4.79 Å². The number of carbonyl (C=O) groups is 2. The predicted molar refractivity (Wildman–Crippen MR) is 78.6 cm³/mol. The first-order valence-corrected chi connectivity index (χ1v) is 7.02. The molecule has 1 saturated heterocycles. The molecule has 7 heteroatoms. The van der Waals surface area contributed by atoms with Crippen molar-refractivity contribution in [2.75, 3.05) is 25.1 Å². The number of ether oxygens (including phenoxy) is 1. The number of rotatable bonds is 4. The zero-order chi connectivity index (χ0) is 15.3. The maximum absolute atomic E-state index is 11.9. The standard InChI is InChI=1S/C14H17ClN2O4/c15-10-3-1-2-4-11(10)17-13(20)16-9-14(12(18)19)5-7-21-8-6-14/h1-4H,5-9H2,(H,18,19)(H2,16,17,20). The van der Waals surface area contributed by atoms with Gasteiger partial charge in [-0.3, -0.25) is 4.79 Å². The van der Waals surface area contributed by atoms with E-state index in [2.05, 4.69) is 10.6 Å². The highest BCUT2D eigenvalue weighted by molar-refractivity contribution is 6.33. The van der Waals surface area contributed by atoms with Crippen molar-refractivity contribution in [3.63, 3.8) is 0 Å². The Labute approximate surface area is 127 Å².